The molecule has 0 atom stereocenters. The lowest BCUT2D eigenvalue weighted by Crippen LogP contribution is -1.96. The molecule has 0 fully saturated rings. The smallest absolute Gasteiger partial charge is 0.203 e. The van der Waals surface area contributed by atoms with Gasteiger partial charge in [-0.25, -0.2) is 0 Å². The Morgan fingerprint density at radius 3 is 2.00 bits per heavy atom. The van der Waals surface area contributed by atoms with E-state index in [1.165, 1.54) is 0 Å². The predicted molar refractivity (Wildman–Crippen MR) is 92.0 cm³/mol. The lowest BCUT2D eigenvalue weighted by atomic mass is 10.1. The van der Waals surface area contributed by atoms with Crippen LogP contribution in [0, 0.1) is 0 Å². The summed E-state index contributed by atoms with van der Waals surface area (Å²) in [6, 6.07) is 7.44. The molecular formula is C16H17ClN4O3. The fraction of sp³-hybridized carbons (Fsp3) is 0.188. The number of halogens is 1. The predicted octanol–water partition coefficient (Wildman–Crippen LogP) is 2.98. The lowest BCUT2D eigenvalue weighted by molar-refractivity contribution is 0.324. The number of aromatic amines is 1. The van der Waals surface area contributed by atoms with Crippen LogP contribution in [0.1, 0.15) is 0 Å². The van der Waals surface area contributed by atoms with E-state index in [0.717, 1.165) is 11.1 Å². The van der Waals surface area contributed by atoms with Gasteiger partial charge in [0, 0.05) is 23.5 Å². The number of nitrogens with one attached hydrogen (secondary N) is 1. The van der Waals surface area contributed by atoms with Crippen LogP contribution >= 0.6 is 12.4 Å². The van der Waals surface area contributed by atoms with E-state index < -0.39 is 0 Å². The minimum absolute atomic E-state index is 0. The molecule has 0 aliphatic rings. The molecule has 24 heavy (non-hydrogen) atoms. The van der Waals surface area contributed by atoms with Gasteiger partial charge < -0.3 is 14.2 Å². The van der Waals surface area contributed by atoms with Gasteiger partial charge in [0.1, 0.15) is 11.4 Å². The van der Waals surface area contributed by atoms with Gasteiger partial charge in [-0.3, -0.25) is 4.98 Å². The number of rotatable bonds is 5. The van der Waals surface area contributed by atoms with Crippen molar-refractivity contribution in [2.45, 2.75) is 0 Å². The third kappa shape index (κ3) is 3.11. The van der Waals surface area contributed by atoms with E-state index in [4.69, 9.17) is 14.2 Å². The molecule has 0 saturated carbocycles. The zero-order valence-corrected chi connectivity index (χ0v) is 14.3. The maximum Gasteiger partial charge on any atom is 0.203 e. The minimum Gasteiger partial charge on any atom is -0.493 e. The Bertz CT molecular complexity index is 783. The Morgan fingerprint density at radius 1 is 0.875 bits per heavy atom. The number of hydrogen-bond acceptors (Lipinski definition) is 6. The molecule has 8 heteroatoms. The number of nitrogens with zero attached hydrogens (tertiary/aromatic N) is 3. The molecule has 2 aromatic heterocycles. The second-order valence-electron chi connectivity index (χ2n) is 4.68. The van der Waals surface area contributed by atoms with Gasteiger partial charge in [0.15, 0.2) is 11.5 Å². The summed E-state index contributed by atoms with van der Waals surface area (Å²) in [7, 11) is 4.72. The fourth-order valence-corrected chi connectivity index (χ4v) is 2.35. The van der Waals surface area contributed by atoms with Crippen LogP contribution in [0.2, 0.25) is 0 Å². The first kappa shape index (κ1) is 17.6. The normalized spacial score (nSPS) is 9.96. The van der Waals surface area contributed by atoms with Gasteiger partial charge in [-0.2, -0.15) is 15.4 Å². The third-order valence-corrected chi connectivity index (χ3v) is 3.42. The first-order chi connectivity index (χ1) is 11.3. The molecule has 0 spiro atoms. The summed E-state index contributed by atoms with van der Waals surface area (Å²) >= 11 is 0. The molecule has 2 heterocycles. The number of ether oxygens (including phenoxy) is 3. The Kier molecular flexibility index (Phi) is 5.59. The van der Waals surface area contributed by atoms with Crippen LogP contribution in [0.25, 0.3) is 22.5 Å². The molecule has 1 N–H and O–H groups in total. The van der Waals surface area contributed by atoms with E-state index >= 15 is 0 Å². The number of aromatic nitrogens is 4. The minimum atomic E-state index is 0. The van der Waals surface area contributed by atoms with E-state index in [0.29, 0.717) is 28.6 Å². The molecule has 7 nitrogen and oxygen atoms in total. The summed E-state index contributed by atoms with van der Waals surface area (Å²) in [4.78, 5) is 4.12. The van der Waals surface area contributed by atoms with Crippen molar-refractivity contribution in [1.82, 2.24) is 20.4 Å². The van der Waals surface area contributed by atoms with Gasteiger partial charge in [0.2, 0.25) is 5.75 Å². The molecule has 0 bridgehead atoms. The standard InChI is InChI=1S/C16H16N4O3.ClH/c1-21-12-7-11(8-13(22-2)16(12)23-3)15-14(18-20-19-15)10-5-4-6-17-9-10;/h4-9H,1-3H3,(H,18,19,20);1H. The summed E-state index contributed by atoms with van der Waals surface area (Å²) in [6.07, 6.45) is 3.45. The van der Waals surface area contributed by atoms with Crippen LogP contribution in [0.5, 0.6) is 17.2 Å². The van der Waals surface area contributed by atoms with Gasteiger partial charge in [-0.15, -0.1) is 12.4 Å². The van der Waals surface area contributed by atoms with E-state index in [1.807, 2.05) is 24.3 Å². The first-order valence-electron chi connectivity index (χ1n) is 6.90. The van der Waals surface area contributed by atoms with Crippen molar-refractivity contribution in [3.05, 3.63) is 36.7 Å². The fourth-order valence-electron chi connectivity index (χ4n) is 2.35. The molecule has 0 radical (unpaired) electrons. The topological polar surface area (TPSA) is 82.2 Å². The van der Waals surface area contributed by atoms with E-state index in [-0.39, 0.29) is 12.4 Å². The molecule has 1 aromatic carbocycles. The molecule has 3 rings (SSSR count). The Labute approximate surface area is 145 Å². The summed E-state index contributed by atoms with van der Waals surface area (Å²) < 4.78 is 16.1. The number of hydrogen-bond donors (Lipinski definition) is 1. The van der Waals surface area contributed by atoms with Gasteiger partial charge in [0.25, 0.3) is 0 Å². The first-order valence-corrected chi connectivity index (χ1v) is 6.90. The molecule has 0 aliphatic carbocycles. The second kappa shape index (κ2) is 7.65. The number of H-pyrrole nitrogens is 1. The highest BCUT2D eigenvalue weighted by molar-refractivity contribution is 5.85. The van der Waals surface area contributed by atoms with E-state index in [2.05, 4.69) is 20.4 Å². The Morgan fingerprint density at radius 2 is 1.50 bits per heavy atom. The van der Waals surface area contributed by atoms with Crippen LogP contribution in [0.4, 0.5) is 0 Å². The summed E-state index contributed by atoms with van der Waals surface area (Å²) in [5, 5.41) is 11.1. The highest BCUT2D eigenvalue weighted by Crippen LogP contribution is 2.42. The molecule has 0 aliphatic heterocycles. The van der Waals surface area contributed by atoms with Crippen LogP contribution in [-0.4, -0.2) is 41.7 Å². The molecule has 126 valence electrons. The Hall–Kier alpha value is -2.80. The Balaban J connectivity index is 0.00000208. The second-order valence-corrected chi connectivity index (χ2v) is 4.68. The van der Waals surface area contributed by atoms with Gasteiger partial charge >= 0.3 is 0 Å². The zero-order chi connectivity index (χ0) is 16.2. The van der Waals surface area contributed by atoms with Crippen LogP contribution in [-0.2, 0) is 0 Å². The summed E-state index contributed by atoms with van der Waals surface area (Å²) in [5.41, 5.74) is 3.04. The maximum atomic E-state index is 5.39. The highest BCUT2D eigenvalue weighted by Gasteiger charge is 2.18. The number of methoxy groups -OCH3 is 3. The van der Waals surface area contributed by atoms with Crippen molar-refractivity contribution in [3.8, 4) is 39.8 Å². The number of pyridine rings is 1. The molecule has 0 amide bonds. The average molecular weight is 349 g/mol. The molecular weight excluding hydrogens is 332 g/mol. The van der Waals surface area contributed by atoms with Crippen molar-refractivity contribution in [2.24, 2.45) is 0 Å². The molecule has 0 saturated heterocycles. The third-order valence-electron chi connectivity index (χ3n) is 3.42. The SMILES string of the molecule is COc1cc(-c2n[nH]nc2-c2cccnc2)cc(OC)c1OC.Cl. The van der Waals surface area contributed by atoms with Crippen molar-refractivity contribution in [1.29, 1.82) is 0 Å². The van der Waals surface area contributed by atoms with Crippen molar-refractivity contribution < 1.29 is 14.2 Å². The van der Waals surface area contributed by atoms with Gasteiger partial charge in [0.05, 0.1) is 21.3 Å². The van der Waals surface area contributed by atoms with Gasteiger partial charge in [-0.1, -0.05) is 0 Å². The van der Waals surface area contributed by atoms with E-state index in [9.17, 15) is 0 Å². The quantitative estimate of drug-likeness (QED) is 0.763. The average Bonchev–Trinajstić information content (AvgIpc) is 3.10. The van der Waals surface area contributed by atoms with Crippen molar-refractivity contribution in [2.75, 3.05) is 21.3 Å². The summed E-state index contributed by atoms with van der Waals surface area (Å²) in [6.45, 7) is 0. The summed E-state index contributed by atoms with van der Waals surface area (Å²) in [5.74, 6) is 1.65. The van der Waals surface area contributed by atoms with Crippen LogP contribution < -0.4 is 14.2 Å². The van der Waals surface area contributed by atoms with Crippen LogP contribution in [0.3, 0.4) is 0 Å². The monoisotopic (exact) mass is 348 g/mol. The number of benzene rings is 1. The lowest BCUT2D eigenvalue weighted by Gasteiger charge is -2.13. The zero-order valence-electron chi connectivity index (χ0n) is 13.4. The molecule has 3 aromatic rings. The van der Waals surface area contributed by atoms with Gasteiger partial charge in [-0.05, 0) is 24.3 Å². The van der Waals surface area contributed by atoms with Crippen molar-refractivity contribution in [3.63, 3.8) is 0 Å². The highest BCUT2D eigenvalue weighted by atomic mass is 35.5. The van der Waals surface area contributed by atoms with Crippen molar-refractivity contribution >= 4 is 12.4 Å². The maximum absolute atomic E-state index is 5.39. The van der Waals surface area contributed by atoms with Crippen LogP contribution in [0.15, 0.2) is 36.7 Å². The van der Waals surface area contributed by atoms with E-state index in [1.54, 1.807) is 33.7 Å². The largest absolute Gasteiger partial charge is 0.493 e. The molecule has 0 unspecified atom stereocenters.